The Balaban J connectivity index is 0.00000300. The number of nitrogens with zero attached hydrogens (tertiary/aromatic N) is 2. The van der Waals surface area contributed by atoms with Crippen LogP contribution in [0.2, 0.25) is 0 Å². The number of hydrogen-bond acceptors (Lipinski definition) is 6. The van der Waals surface area contributed by atoms with Crippen LogP contribution in [0.5, 0.6) is 5.75 Å². The Kier molecular flexibility index (Phi) is 9.70. The van der Waals surface area contributed by atoms with Crippen molar-refractivity contribution in [2.24, 2.45) is 0 Å². The quantitative estimate of drug-likeness (QED) is 0.673. The molecule has 8 heteroatoms. The molecular formula is C21H32ClN3O4. The van der Waals surface area contributed by atoms with Crippen molar-refractivity contribution in [1.29, 1.82) is 0 Å². The van der Waals surface area contributed by atoms with Crippen LogP contribution >= 0.6 is 12.4 Å². The number of hydrogen-bond donors (Lipinski definition) is 1. The van der Waals surface area contributed by atoms with Gasteiger partial charge in [0.05, 0.1) is 19.6 Å². The Morgan fingerprint density at radius 2 is 1.72 bits per heavy atom. The van der Waals surface area contributed by atoms with E-state index in [2.05, 4.69) is 10.2 Å². The Morgan fingerprint density at radius 3 is 2.34 bits per heavy atom. The average Bonchev–Trinajstić information content (AvgIpc) is 2.75. The first kappa shape index (κ1) is 23.4. The second-order valence-corrected chi connectivity index (χ2v) is 7.24. The molecule has 162 valence electrons. The number of nitrogens with one attached hydrogen (secondary N) is 1. The van der Waals surface area contributed by atoms with E-state index >= 15 is 0 Å². The summed E-state index contributed by atoms with van der Waals surface area (Å²) in [5.41, 5.74) is 0.674. The van der Waals surface area contributed by atoms with Gasteiger partial charge in [0, 0.05) is 37.8 Å². The lowest BCUT2D eigenvalue weighted by Gasteiger charge is -2.40. The molecule has 0 atom stereocenters. The first-order valence-corrected chi connectivity index (χ1v) is 10.3. The number of benzene rings is 1. The summed E-state index contributed by atoms with van der Waals surface area (Å²) in [5, 5.41) is 3.41. The van der Waals surface area contributed by atoms with E-state index in [1.807, 2.05) is 4.90 Å². The summed E-state index contributed by atoms with van der Waals surface area (Å²) in [7, 11) is 0. The van der Waals surface area contributed by atoms with Gasteiger partial charge >= 0.3 is 5.97 Å². The van der Waals surface area contributed by atoms with Gasteiger partial charge in [0.1, 0.15) is 5.75 Å². The second-order valence-electron chi connectivity index (χ2n) is 7.24. The number of carbonyl (C=O) groups excluding carboxylic acids is 2. The van der Waals surface area contributed by atoms with E-state index in [1.54, 1.807) is 31.2 Å². The van der Waals surface area contributed by atoms with Crippen LogP contribution in [0.25, 0.3) is 0 Å². The van der Waals surface area contributed by atoms with Gasteiger partial charge in [0.2, 0.25) is 0 Å². The zero-order valence-corrected chi connectivity index (χ0v) is 17.9. The van der Waals surface area contributed by atoms with Gasteiger partial charge in [0.25, 0.3) is 5.91 Å². The molecule has 1 N–H and O–H groups in total. The number of esters is 1. The van der Waals surface area contributed by atoms with Gasteiger partial charge in [-0.25, -0.2) is 0 Å². The number of amides is 1. The summed E-state index contributed by atoms with van der Waals surface area (Å²) in [4.78, 5) is 28.6. The van der Waals surface area contributed by atoms with Crippen LogP contribution < -0.4 is 10.1 Å². The van der Waals surface area contributed by atoms with E-state index in [0.717, 1.165) is 39.3 Å². The lowest BCUT2D eigenvalue weighted by molar-refractivity contribution is -0.143. The summed E-state index contributed by atoms with van der Waals surface area (Å²) in [5.74, 6) is 0.456. The van der Waals surface area contributed by atoms with Gasteiger partial charge in [-0.3, -0.25) is 14.5 Å². The van der Waals surface area contributed by atoms with E-state index in [-0.39, 0.29) is 37.3 Å². The third kappa shape index (κ3) is 6.87. The maximum Gasteiger partial charge on any atom is 0.309 e. The van der Waals surface area contributed by atoms with Crippen molar-refractivity contribution in [2.75, 3.05) is 52.5 Å². The van der Waals surface area contributed by atoms with Crippen molar-refractivity contribution in [3.63, 3.8) is 0 Å². The Morgan fingerprint density at radius 1 is 1.07 bits per heavy atom. The van der Waals surface area contributed by atoms with Crippen molar-refractivity contribution in [3.8, 4) is 5.75 Å². The molecule has 1 aromatic rings. The number of ether oxygens (including phenoxy) is 2. The number of piperidine rings is 1. The SMILES string of the molecule is CCOC(=O)CCOc1ccc(C(=O)N2CCN(C3CCNCC3)CC2)cc1.Cl. The van der Waals surface area contributed by atoms with Crippen molar-refractivity contribution in [2.45, 2.75) is 32.2 Å². The van der Waals surface area contributed by atoms with E-state index in [4.69, 9.17) is 9.47 Å². The number of carbonyl (C=O) groups is 2. The molecule has 2 heterocycles. The van der Waals surface area contributed by atoms with Crippen molar-refractivity contribution in [1.82, 2.24) is 15.1 Å². The fourth-order valence-electron chi connectivity index (χ4n) is 3.82. The topological polar surface area (TPSA) is 71.1 Å². The van der Waals surface area contributed by atoms with Crippen LogP contribution in [-0.4, -0.2) is 80.2 Å². The van der Waals surface area contributed by atoms with Crippen LogP contribution in [0.3, 0.4) is 0 Å². The molecule has 0 aromatic heterocycles. The predicted octanol–water partition coefficient (Wildman–Crippen LogP) is 1.95. The second kappa shape index (κ2) is 12.0. The highest BCUT2D eigenvalue weighted by atomic mass is 35.5. The summed E-state index contributed by atoms with van der Waals surface area (Å²) in [6, 6.07) is 7.81. The van der Waals surface area contributed by atoms with Crippen LogP contribution in [0.15, 0.2) is 24.3 Å². The van der Waals surface area contributed by atoms with Gasteiger partial charge in [0.15, 0.2) is 0 Å². The monoisotopic (exact) mass is 425 g/mol. The molecule has 1 amide bonds. The molecule has 0 radical (unpaired) electrons. The van der Waals surface area contributed by atoms with Crippen molar-refractivity contribution in [3.05, 3.63) is 29.8 Å². The molecule has 2 saturated heterocycles. The lowest BCUT2D eigenvalue weighted by Crippen LogP contribution is -2.53. The number of rotatable bonds is 7. The minimum absolute atomic E-state index is 0. The van der Waals surface area contributed by atoms with Gasteiger partial charge in [-0.1, -0.05) is 0 Å². The van der Waals surface area contributed by atoms with Crippen LogP contribution in [0.1, 0.15) is 36.5 Å². The molecule has 2 aliphatic heterocycles. The highest BCUT2D eigenvalue weighted by Gasteiger charge is 2.27. The lowest BCUT2D eigenvalue weighted by atomic mass is 10.0. The number of halogens is 1. The highest BCUT2D eigenvalue weighted by molar-refractivity contribution is 5.94. The van der Waals surface area contributed by atoms with E-state index in [0.29, 0.717) is 24.0 Å². The number of piperazine rings is 1. The fourth-order valence-corrected chi connectivity index (χ4v) is 3.82. The van der Waals surface area contributed by atoms with Gasteiger partial charge in [-0.2, -0.15) is 0 Å². The molecule has 2 fully saturated rings. The highest BCUT2D eigenvalue weighted by Crippen LogP contribution is 2.18. The largest absolute Gasteiger partial charge is 0.493 e. The maximum absolute atomic E-state index is 12.8. The summed E-state index contributed by atoms with van der Waals surface area (Å²) < 4.78 is 10.4. The standard InChI is InChI=1S/C21H31N3O4.ClH/c1-2-27-20(25)9-16-28-19-5-3-17(4-6-19)21(26)24-14-12-23(13-15-24)18-7-10-22-11-8-18;/h3-6,18,22H,2,7-16H2,1H3;1H. The van der Waals surface area contributed by atoms with Crippen molar-refractivity contribution < 1.29 is 19.1 Å². The molecular weight excluding hydrogens is 394 g/mol. The minimum Gasteiger partial charge on any atom is -0.493 e. The maximum atomic E-state index is 12.8. The van der Waals surface area contributed by atoms with Gasteiger partial charge < -0.3 is 19.7 Å². The Bertz CT molecular complexity index is 642. The summed E-state index contributed by atoms with van der Waals surface area (Å²) in [6.07, 6.45) is 2.62. The molecule has 0 unspecified atom stereocenters. The first-order valence-electron chi connectivity index (χ1n) is 10.3. The zero-order valence-electron chi connectivity index (χ0n) is 17.1. The van der Waals surface area contributed by atoms with Crippen molar-refractivity contribution >= 4 is 24.3 Å². The van der Waals surface area contributed by atoms with Gasteiger partial charge in [-0.05, 0) is 57.1 Å². The van der Waals surface area contributed by atoms with E-state index in [1.165, 1.54) is 12.8 Å². The molecule has 3 rings (SSSR count). The smallest absolute Gasteiger partial charge is 0.309 e. The predicted molar refractivity (Wildman–Crippen MR) is 114 cm³/mol. The Labute approximate surface area is 179 Å². The summed E-state index contributed by atoms with van der Waals surface area (Å²) in [6.45, 7) is 8.07. The van der Waals surface area contributed by atoms with Gasteiger partial charge in [-0.15, -0.1) is 12.4 Å². The molecule has 0 spiro atoms. The summed E-state index contributed by atoms with van der Waals surface area (Å²) >= 11 is 0. The molecule has 0 aliphatic carbocycles. The molecule has 0 bridgehead atoms. The minimum atomic E-state index is -0.266. The fraction of sp³-hybridized carbons (Fsp3) is 0.619. The van der Waals surface area contributed by atoms with E-state index in [9.17, 15) is 9.59 Å². The average molecular weight is 426 g/mol. The van der Waals surface area contributed by atoms with E-state index < -0.39 is 0 Å². The third-order valence-corrected chi connectivity index (χ3v) is 5.41. The normalized spacial score (nSPS) is 18.0. The third-order valence-electron chi connectivity index (χ3n) is 5.41. The molecule has 7 nitrogen and oxygen atoms in total. The van der Waals surface area contributed by atoms with Crippen LogP contribution in [0, 0.1) is 0 Å². The molecule has 2 aliphatic rings. The zero-order chi connectivity index (χ0) is 19.8. The Hall–Kier alpha value is -1.83. The van der Waals surface area contributed by atoms with Crippen LogP contribution in [-0.2, 0) is 9.53 Å². The first-order chi connectivity index (χ1) is 13.7. The molecule has 0 saturated carbocycles. The molecule has 1 aromatic carbocycles. The molecule has 29 heavy (non-hydrogen) atoms. The van der Waals surface area contributed by atoms with Crippen LogP contribution in [0.4, 0.5) is 0 Å².